The molecule has 0 saturated carbocycles. The number of hydrogen-bond acceptors (Lipinski definition) is 3. The molecule has 0 fully saturated rings. The van der Waals surface area contributed by atoms with E-state index in [1.807, 2.05) is 44.3 Å². The Bertz CT molecular complexity index is 579. The number of rotatable bonds is 6. The van der Waals surface area contributed by atoms with E-state index in [9.17, 15) is 4.79 Å². The third-order valence-electron chi connectivity index (χ3n) is 3.71. The highest BCUT2D eigenvalue weighted by Crippen LogP contribution is 2.18. The molecule has 1 atom stereocenters. The summed E-state index contributed by atoms with van der Waals surface area (Å²) < 4.78 is 0. The molecular formula is C17H22N2OS. The van der Waals surface area contributed by atoms with Gasteiger partial charge in [-0.1, -0.05) is 30.3 Å². The molecule has 1 amide bonds. The van der Waals surface area contributed by atoms with Gasteiger partial charge in [-0.3, -0.25) is 9.69 Å². The summed E-state index contributed by atoms with van der Waals surface area (Å²) in [4.78, 5) is 15.6. The minimum Gasteiger partial charge on any atom is -0.351 e. The first-order valence-electron chi connectivity index (χ1n) is 7.12. The predicted octanol–water partition coefficient (Wildman–Crippen LogP) is 3.19. The van der Waals surface area contributed by atoms with Gasteiger partial charge in [0.2, 0.25) is 5.91 Å². The fourth-order valence-electron chi connectivity index (χ4n) is 2.06. The average molecular weight is 302 g/mol. The van der Waals surface area contributed by atoms with E-state index in [0.29, 0.717) is 6.54 Å². The Morgan fingerprint density at radius 1 is 1.29 bits per heavy atom. The zero-order valence-corrected chi connectivity index (χ0v) is 13.6. The lowest BCUT2D eigenvalue weighted by Crippen LogP contribution is -2.42. The lowest BCUT2D eigenvalue weighted by Gasteiger charge is -2.23. The van der Waals surface area contributed by atoms with Crippen LogP contribution >= 0.6 is 11.3 Å². The van der Waals surface area contributed by atoms with Crippen LogP contribution in [0, 0.1) is 6.92 Å². The quantitative estimate of drug-likeness (QED) is 0.889. The highest BCUT2D eigenvalue weighted by atomic mass is 32.1. The fourth-order valence-corrected chi connectivity index (χ4v) is 3.03. The van der Waals surface area contributed by atoms with E-state index < -0.39 is 0 Å². The van der Waals surface area contributed by atoms with E-state index in [-0.39, 0.29) is 11.9 Å². The second-order valence-electron chi connectivity index (χ2n) is 5.32. The molecule has 1 unspecified atom stereocenters. The van der Waals surface area contributed by atoms with Crippen LogP contribution in [0.25, 0.3) is 0 Å². The standard InChI is InChI=1S/C17H22N2OS/c1-13-9-10-21-16(13)12-19(3)14(2)17(20)18-11-15-7-5-4-6-8-15/h4-10,14H,11-12H2,1-3H3,(H,18,20). The Balaban J connectivity index is 1.85. The maximum absolute atomic E-state index is 12.2. The monoisotopic (exact) mass is 302 g/mol. The van der Waals surface area contributed by atoms with Crippen LogP contribution in [0.3, 0.4) is 0 Å². The van der Waals surface area contributed by atoms with Crippen LogP contribution in [0.2, 0.25) is 0 Å². The summed E-state index contributed by atoms with van der Waals surface area (Å²) in [7, 11) is 1.99. The van der Waals surface area contributed by atoms with Crippen LogP contribution < -0.4 is 5.32 Å². The normalized spacial score (nSPS) is 12.4. The van der Waals surface area contributed by atoms with Gasteiger partial charge in [0, 0.05) is 18.0 Å². The SMILES string of the molecule is Cc1ccsc1CN(C)C(C)C(=O)NCc1ccccc1. The van der Waals surface area contributed by atoms with Crippen molar-refractivity contribution < 1.29 is 4.79 Å². The Labute approximate surface area is 130 Å². The van der Waals surface area contributed by atoms with E-state index in [4.69, 9.17) is 0 Å². The van der Waals surface area contributed by atoms with E-state index in [1.165, 1.54) is 10.4 Å². The van der Waals surface area contributed by atoms with Gasteiger partial charge in [-0.2, -0.15) is 0 Å². The van der Waals surface area contributed by atoms with Crippen molar-refractivity contribution in [2.75, 3.05) is 7.05 Å². The second-order valence-corrected chi connectivity index (χ2v) is 6.32. The second kappa shape index (κ2) is 7.38. The first kappa shape index (κ1) is 15.7. The zero-order chi connectivity index (χ0) is 15.2. The number of amides is 1. The smallest absolute Gasteiger partial charge is 0.237 e. The Kier molecular flexibility index (Phi) is 5.53. The predicted molar refractivity (Wildman–Crippen MR) is 88.3 cm³/mol. The highest BCUT2D eigenvalue weighted by Gasteiger charge is 2.18. The molecule has 2 rings (SSSR count). The van der Waals surface area contributed by atoms with Gasteiger partial charge < -0.3 is 5.32 Å². The van der Waals surface area contributed by atoms with Crippen LogP contribution in [0.1, 0.15) is 22.9 Å². The first-order valence-corrected chi connectivity index (χ1v) is 8.00. The lowest BCUT2D eigenvalue weighted by atomic mass is 10.2. The maximum Gasteiger partial charge on any atom is 0.237 e. The molecule has 2 aromatic rings. The van der Waals surface area contributed by atoms with Crippen LogP contribution in [0.4, 0.5) is 0 Å². The minimum atomic E-state index is -0.143. The summed E-state index contributed by atoms with van der Waals surface area (Å²) in [5.41, 5.74) is 2.42. The van der Waals surface area contributed by atoms with Crippen LogP contribution in [0.15, 0.2) is 41.8 Å². The molecule has 112 valence electrons. The maximum atomic E-state index is 12.2. The minimum absolute atomic E-state index is 0.0653. The number of carbonyl (C=O) groups is 1. The van der Waals surface area contributed by atoms with Crippen molar-refractivity contribution in [3.63, 3.8) is 0 Å². The Morgan fingerprint density at radius 3 is 2.62 bits per heavy atom. The number of hydrogen-bond donors (Lipinski definition) is 1. The van der Waals surface area contributed by atoms with Gasteiger partial charge in [0.25, 0.3) is 0 Å². The van der Waals surface area contributed by atoms with Crippen molar-refractivity contribution in [1.29, 1.82) is 0 Å². The molecule has 0 aliphatic rings. The van der Waals surface area contributed by atoms with E-state index in [0.717, 1.165) is 12.1 Å². The molecule has 0 bridgehead atoms. The molecule has 3 nitrogen and oxygen atoms in total. The number of likely N-dealkylation sites (N-methyl/N-ethyl adjacent to an activating group) is 1. The number of benzene rings is 1. The van der Waals surface area contributed by atoms with Crippen molar-refractivity contribution in [1.82, 2.24) is 10.2 Å². The van der Waals surface area contributed by atoms with Gasteiger partial charge in [-0.05, 0) is 43.5 Å². The van der Waals surface area contributed by atoms with Gasteiger partial charge in [0.05, 0.1) is 6.04 Å². The summed E-state index contributed by atoms with van der Waals surface area (Å²) in [5.74, 6) is 0.0653. The number of nitrogens with zero attached hydrogens (tertiary/aromatic N) is 1. The van der Waals surface area contributed by atoms with Gasteiger partial charge in [-0.15, -0.1) is 11.3 Å². The zero-order valence-electron chi connectivity index (χ0n) is 12.8. The molecular weight excluding hydrogens is 280 g/mol. The summed E-state index contributed by atoms with van der Waals surface area (Å²) in [6.07, 6.45) is 0. The first-order chi connectivity index (χ1) is 10.1. The Morgan fingerprint density at radius 2 is 2.00 bits per heavy atom. The molecule has 0 aliphatic carbocycles. The molecule has 0 aliphatic heterocycles. The number of carbonyl (C=O) groups excluding carboxylic acids is 1. The highest BCUT2D eigenvalue weighted by molar-refractivity contribution is 7.10. The summed E-state index contributed by atoms with van der Waals surface area (Å²) in [6, 6.07) is 12.0. The molecule has 1 N–H and O–H groups in total. The molecule has 0 spiro atoms. The molecule has 21 heavy (non-hydrogen) atoms. The van der Waals surface area contributed by atoms with Gasteiger partial charge >= 0.3 is 0 Å². The molecule has 1 aromatic carbocycles. The van der Waals surface area contributed by atoms with Crippen LogP contribution in [-0.4, -0.2) is 23.9 Å². The largest absolute Gasteiger partial charge is 0.351 e. The van der Waals surface area contributed by atoms with Crippen molar-refractivity contribution in [3.8, 4) is 0 Å². The van der Waals surface area contributed by atoms with Crippen molar-refractivity contribution in [2.24, 2.45) is 0 Å². The fraction of sp³-hybridized carbons (Fsp3) is 0.353. The van der Waals surface area contributed by atoms with E-state index in [1.54, 1.807) is 11.3 Å². The van der Waals surface area contributed by atoms with E-state index >= 15 is 0 Å². The van der Waals surface area contributed by atoms with Crippen molar-refractivity contribution in [2.45, 2.75) is 33.0 Å². The summed E-state index contributed by atoms with van der Waals surface area (Å²) in [6.45, 7) is 5.45. The molecule has 1 aromatic heterocycles. The van der Waals surface area contributed by atoms with Gasteiger partial charge in [-0.25, -0.2) is 0 Å². The topological polar surface area (TPSA) is 32.3 Å². The van der Waals surface area contributed by atoms with Gasteiger partial charge in [0.15, 0.2) is 0 Å². The van der Waals surface area contributed by atoms with Gasteiger partial charge in [0.1, 0.15) is 0 Å². The number of thiophene rings is 1. The third-order valence-corrected chi connectivity index (χ3v) is 4.72. The lowest BCUT2D eigenvalue weighted by molar-refractivity contribution is -0.125. The van der Waals surface area contributed by atoms with Crippen molar-refractivity contribution >= 4 is 17.2 Å². The third kappa shape index (κ3) is 4.41. The molecule has 0 saturated heterocycles. The number of nitrogens with one attached hydrogen (secondary N) is 1. The molecule has 1 heterocycles. The molecule has 0 radical (unpaired) electrons. The van der Waals surface area contributed by atoms with Crippen LogP contribution in [0.5, 0.6) is 0 Å². The molecule has 4 heteroatoms. The average Bonchev–Trinajstić information content (AvgIpc) is 2.90. The van der Waals surface area contributed by atoms with Crippen LogP contribution in [-0.2, 0) is 17.9 Å². The van der Waals surface area contributed by atoms with Crippen molar-refractivity contribution in [3.05, 3.63) is 57.8 Å². The number of aryl methyl sites for hydroxylation is 1. The summed E-state index contributed by atoms with van der Waals surface area (Å²) in [5, 5.41) is 5.09. The van der Waals surface area contributed by atoms with E-state index in [2.05, 4.69) is 28.6 Å². The Hall–Kier alpha value is -1.65. The summed E-state index contributed by atoms with van der Waals surface area (Å²) >= 11 is 1.74.